The Bertz CT molecular complexity index is 392. The quantitative estimate of drug-likeness (QED) is 0.870. The van der Waals surface area contributed by atoms with Crippen molar-refractivity contribution in [2.75, 3.05) is 11.9 Å². The summed E-state index contributed by atoms with van der Waals surface area (Å²) in [5.41, 5.74) is 0.451. The highest BCUT2D eigenvalue weighted by molar-refractivity contribution is 5.38. The number of nitrogens with zero attached hydrogens (tertiary/aromatic N) is 2. The lowest BCUT2D eigenvalue weighted by molar-refractivity contribution is 0.305. The van der Waals surface area contributed by atoms with E-state index in [1.807, 2.05) is 6.07 Å². The number of hydrogen-bond acceptors (Lipinski definition) is 4. The molecule has 0 spiro atoms. The van der Waals surface area contributed by atoms with Gasteiger partial charge in [-0.25, -0.2) is 9.97 Å². The number of aromatic nitrogens is 2. The minimum Gasteiger partial charge on any atom is -0.478 e. The van der Waals surface area contributed by atoms with E-state index in [9.17, 15) is 0 Å². The first kappa shape index (κ1) is 13.1. The van der Waals surface area contributed by atoms with E-state index in [0.717, 1.165) is 12.2 Å². The zero-order valence-corrected chi connectivity index (χ0v) is 11.6. The van der Waals surface area contributed by atoms with Gasteiger partial charge < -0.3 is 10.1 Å². The van der Waals surface area contributed by atoms with Gasteiger partial charge in [0, 0.05) is 12.1 Å². The summed E-state index contributed by atoms with van der Waals surface area (Å²) in [7, 11) is 0. The highest BCUT2D eigenvalue weighted by Gasteiger charge is 2.30. The molecule has 1 fully saturated rings. The number of anilines is 1. The van der Waals surface area contributed by atoms with Crippen molar-refractivity contribution in [1.82, 2.24) is 9.97 Å². The Balaban J connectivity index is 1.93. The van der Waals surface area contributed by atoms with E-state index >= 15 is 0 Å². The average Bonchev–Trinajstić information content (AvgIpc) is 2.66. The number of hydrogen-bond donors (Lipinski definition) is 1. The molecule has 1 saturated carbocycles. The van der Waals surface area contributed by atoms with Crippen molar-refractivity contribution in [3.63, 3.8) is 0 Å². The van der Waals surface area contributed by atoms with E-state index < -0.39 is 0 Å². The molecule has 1 aliphatic rings. The van der Waals surface area contributed by atoms with Gasteiger partial charge in [0.05, 0.1) is 6.61 Å². The maximum Gasteiger partial charge on any atom is 0.218 e. The second-order valence-electron chi connectivity index (χ2n) is 5.84. The van der Waals surface area contributed by atoms with E-state index in [2.05, 4.69) is 36.1 Å². The monoisotopic (exact) mass is 249 g/mol. The summed E-state index contributed by atoms with van der Waals surface area (Å²) in [6.45, 7) is 7.43. The van der Waals surface area contributed by atoms with Gasteiger partial charge in [0.25, 0.3) is 0 Å². The average molecular weight is 249 g/mol. The Hall–Kier alpha value is -1.32. The molecule has 4 nitrogen and oxygen atoms in total. The van der Waals surface area contributed by atoms with Crippen LogP contribution in [0.3, 0.4) is 0 Å². The van der Waals surface area contributed by atoms with Crippen LogP contribution < -0.4 is 10.1 Å². The molecular formula is C14H23N3O. The molecule has 18 heavy (non-hydrogen) atoms. The molecule has 0 amide bonds. The van der Waals surface area contributed by atoms with Crippen LogP contribution in [0.2, 0.25) is 0 Å². The fourth-order valence-corrected chi connectivity index (χ4v) is 2.47. The van der Waals surface area contributed by atoms with Crippen molar-refractivity contribution in [2.45, 2.75) is 52.5 Å². The van der Waals surface area contributed by atoms with Gasteiger partial charge in [-0.15, -0.1) is 0 Å². The maximum absolute atomic E-state index is 5.51. The predicted molar refractivity (Wildman–Crippen MR) is 72.9 cm³/mol. The van der Waals surface area contributed by atoms with Crippen molar-refractivity contribution < 1.29 is 4.74 Å². The van der Waals surface area contributed by atoms with E-state index in [1.165, 1.54) is 19.3 Å². The van der Waals surface area contributed by atoms with E-state index in [0.29, 0.717) is 23.9 Å². The van der Waals surface area contributed by atoms with Gasteiger partial charge in [-0.1, -0.05) is 20.8 Å². The first-order valence-corrected chi connectivity index (χ1v) is 6.80. The number of rotatable bonds is 5. The van der Waals surface area contributed by atoms with Crippen molar-refractivity contribution in [3.05, 3.63) is 12.4 Å². The summed E-state index contributed by atoms with van der Waals surface area (Å²) in [5, 5.41) is 3.48. The Morgan fingerprint density at radius 2 is 2.28 bits per heavy atom. The van der Waals surface area contributed by atoms with Crippen molar-refractivity contribution in [2.24, 2.45) is 5.41 Å². The van der Waals surface area contributed by atoms with Crippen LogP contribution in [0.4, 0.5) is 5.82 Å². The second-order valence-corrected chi connectivity index (χ2v) is 5.84. The second kappa shape index (κ2) is 5.55. The number of ether oxygens (including phenoxy) is 1. The van der Waals surface area contributed by atoms with Crippen LogP contribution in [0.15, 0.2) is 12.4 Å². The molecule has 0 bridgehead atoms. The molecule has 0 aliphatic heterocycles. The van der Waals surface area contributed by atoms with Crippen LogP contribution >= 0.6 is 0 Å². The predicted octanol–water partition coefficient (Wildman–Crippen LogP) is 3.26. The molecule has 1 aromatic heterocycles. The largest absolute Gasteiger partial charge is 0.478 e. The SMILES string of the molecule is CCCOc1cc(NC2CCC(C)(C)C2)ncn1. The number of nitrogens with one attached hydrogen (secondary N) is 1. The van der Waals surface area contributed by atoms with Crippen molar-refractivity contribution in [3.8, 4) is 5.88 Å². The van der Waals surface area contributed by atoms with Crippen LogP contribution in [0.1, 0.15) is 46.5 Å². The van der Waals surface area contributed by atoms with Gasteiger partial charge in [0.2, 0.25) is 5.88 Å². The molecule has 1 aromatic rings. The molecule has 0 aromatic carbocycles. The summed E-state index contributed by atoms with van der Waals surface area (Å²) < 4.78 is 5.51. The molecule has 2 rings (SSSR count). The third kappa shape index (κ3) is 3.59. The van der Waals surface area contributed by atoms with E-state index in [-0.39, 0.29) is 0 Å². The van der Waals surface area contributed by atoms with Gasteiger partial charge in [0.15, 0.2) is 0 Å². The lowest BCUT2D eigenvalue weighted by Gasteiger charge is -2.18. The van der Waals surface area contributed by atoms with Gasteiger partial charge in [0.1, 0.15) is 12.1 Å². The maximum atomic E-state index is 5.51. The Morgan fingerprint density at radius 1 is 1.44 bits per heavy atom. The van der Waals surface area contributed by atoms with E-state index in [1.54, 1.807) is 6.33 Å². The molecule has 0 radical (unpaired) electrons. The first-order chi connectivity index (χ1) is 8.59. The molecule has 1 N–H and O–H groups in total. The molecule has 1 atom stereocenters. The molecule has 1 aliphatic carbocycles. The smallest absolute Gasteiger partial charge is 0.218 e. The Labute approximate surface area is 109 Å². The Kier molecular flexibility index (Phi) is 4.04. The fraction of sp³-hybridized carbons (Fsp3) is 0.714. The summed E-state index contributed by atoms with van der Waals surface area (Å²) >= 11 is 0. The minimum absolute atomic E-state index is 0.451. The normalized spacial score (nSPS) is 21.8. The van der Waals surface area contributed by atoms with Crippen LogP contribution in [0.5, 0.6) is 5.88 Å². The van der Waals surface area contributed by atoms with Crippen LogP contribution in [-0.4, -0.2) is 22.6 Å². The van der Waals surface area contributed by atoms with Gasteiger partial charge >= 0.3 is 0 Å². The van der Waals surface area contributed by atoms with E-state index in [4.69, 9.17) is 4.74 Å². The Morgan fingerprint density at radius 3 is 2.94 bits per heavy atom. The summed E-state index contributed by atoms with van der Waals surface area (Å²) in [6, 6.07) is 2.41. The molecule has 100 valence electrons. The zero-order valence-electron chi connectivity index (χ0n) is 11.6. The summed E-state index contributed by atoms with van der Waals surface area (Å²) in [4.78, 5) is 8.36. The highest BCUT2D eigenvalue weighted by atomic mass is 16.5. The van der Waals surface area contributed by atoms with Crippen LogP contribution in [-0.2, 0) is 0 Å². The molecule has 1 heterocycles. The minimum atomic E-state index is 0.451. The van der Waals surface area contributed by atoms with Gasteiger partial charge in [-0.2, -0.15) is 0 Å². The molecule has 1 unspecified atom stereocenters. The summed E-state index contributed by atoms with van der Waals surface area (Å²) in [6.07, 6.45) is 6.23. The molecule has 0 saturated heterocycles. The topological polar surface area (TPSA) is 47.0 Å². The fourth-order valence-electron chi connectivity index (χ4n) is 2.47. The lowest BCUT2D eigenvalue weighted by Crippen LogP contribution is -2.18. The third-order valence-electron chi connectivity index (χ3n) is 3.42. The standard InChI is InChI=1S/C14H23N3O/c1-4-7-18-13-8-12(15-10-16-13)17-11-5-6-14(2,3)9-11/h8,10-11H,4-7,9H2,1-3H3,(H,15,16,17). The van der Waals surface area contributed by atoms with Crippen molar-refractivity contribution in [1.29, 1.82) is 0 Å². The third-order valence-corrected chi connectivity index (χ3v) is 3.42. The first-order valence-electron chi connectivity index (χ1n) is 6.80. The van der Waals surface area contributed by atoms with Crippen molar-refractivity contribution >= 4 is 5.82 Å². The highest BCUT2D eigenvalue weighted by Crippen LogP contribution is 2.38. The van der Waals surface area contributed by atoms with Crippen LogP contribution in [0.25, 0.3) is 0 Å². The van der Waals surface area contributed by atoms with Gasteiger partial charge in [-0.05, 0) is 31.1 Å². The zero-order chi connectivity index (χ0) is 13.0. The van der Waals surface area contributed by atoms with Crippen LogP contribution in [0, 0.1) is 5.41 Å². The summed E-state index contributed by atoms with van der Waals surface area (Å²) in [5.74, 6) is 1.53. The molecule has 4 heteroatoms. The van der Waals surface area contributed by atoms with Gasteiger partial charge in [-0.3, -0.25) is 0 Å². The lowest BCUT2D eigenvalue weighted by atomic mass is 9.92. The molecular weight excluding hydrogens is 226 g/mol.